The maximum Gasteiger partial charge on any atom is 0.337 e. The highest BCUT2D eigenvalue weighted by molar-refractivity contribution is 6.30. The number of amides is 1. The number of hydrogen-bond acceptors (Lipinski definition) is 7. The Labute approximate surface area is 265 Å². The number of fused-ring (bicyclic) bond motifs is 1. The van der Waals surface area contributed by atoms with Gasteiger partial charge in [0.1, 0.15) is 5.82 Å². The zero-order chi connectivity index (χ0) is 31.6. The van der Waals surface area contributed by atoms with Crippen LogP contribution in [0.1, 0.15) is 41.3 Å². The second kappa shape index (κ2) is 12.8. The SMILES string of the molecule is COC(=O)c1ccc(NC(=O)Cc2ccc(-c3cccc4c3OC(C)(c3ccc(Cl)cc3F)O4)cc2)c(NCC2CCCO2)c1. The van der Waals surface area contributed by atoms with Gasteiger partial charge < -0.3 is 29.6 Å². The standard InChI is InChI=1S/C35H32ClFN2O6/c1-35(27-14-13-24(36)19-28(27)37)44-31-7-3-6-26(33(31)45-35)22-10-8-21(9-11-22)17-32(40)39-29-15-12-23(34(41)42-2)18-30(29)38-20-25-5-4-16-43-25/h3,6-15,18-19,25,38H,4-5,16-17,20H2,1-2H3,(H,39,40). The number of ether oxygens (including phenoxy) is 4. The molecule has 8 nitrogen and oxygen atoms in total. The minimum Gasteiger partial charge on any atom is -0.465 e. The molecule has 2 aliphatic heterocycles. The summed E-state index contributed by atoms with van der Waals surface area (Å²) in [6.45, 7) is 2.95. The molecule has 232 valence electrons. The van der Waals surface area contributed by atoms with E-state index in [2.05, 4.69) is 10.6 Å². The monoisotopic (exact) mass is 630 g/mol. The van der Waals surface area contributed by atoms with Gasteiger partial charge in [0.15, 0.2) is 11.5 Å². The molecule has 10 heteroatoms. The van der Waals surface area contributed by atoms with Crippen molar-refractivity contribution in [3.8, 4) is 22.6 Å². The van der Waals surface area contributed by atoms with Crippen molar-refractivity contribution in [2.45, 2.75) is 38.1 Å². The van der Waals surface area contributed by atoms with Crippen LogP contribution in [0, 0.1) is 5.82 Å². The molecule has 6 rings (SSSR count). The van der Waals surface area contributed by atoms with Gasteiger partial charge in [-0.15, -0.1) is 0 Å². The van der Waals surface area contributed by atoms with Gasteiger partial charge >= 0.3 is 5.97 Å². The third-order valence-electron chi connectivity index (χ3n) is 7.89. The largest absolute Gasteiger partial charge is 0.465 e. The fourth-order valence-corrected chi connectivity index (χ4v) is 5.74. The van der Waals surface area contributed by atoms with Crippen LogP contribution in [0.3, 0.4) is 0 Å². The summed E-state index contributed by atoms with van der Waals surface area (Å²) in [4.78, 5) is 25.2. The molecule has 0 radical (unpaired) electrons. The van der Waals surface area contributed by atoms with E-state index in [1.54, 1.807) is 43.3 Å². The van der Waals surface area contributed by atoms with E-state index in [1.165, 1.54) is 13.2 Å². The molecule has 0 spiro atoms. The molecular formula is C35H32ClFN2O6. The average Bonchev–Trinajstić information content (AvgIpc) is 3.68. The van der Waals surface area contributed by atoms with Gasteiger partial charge in [0.05, 0.1) is 42.1 Å². The average molecular weight is 631 g/mol. The first-order valence-electron chi connectivity index (χ1n) is 14.7. The summed E-state index contributed by atoms with van der Waals surface area (Å²) in [6.07, 6.45) is 2.16. The Morgan fingerprint density at radius 3 is 2.58 bits per heavy atom. The van der Waals surface area contributed by atoms with Gasteiger partial charge in [-0.1, -0.05) is 48.0 Å². The molecular weight excluding hydrogens is 599 g/mol. The molecule has 45 heavy (non-hydrogen) atoms. The van der Waals surface area contributed by atoms with Crippen LogP contribution < -0.4 is 20.1 Å². The number of esters is 1. The highest BCUT2D eigenvalue weighted by atomic mass is 35.5. The van der Waals surface area contributed by atoms with Crippen LogP contribution in [0.15, 0.2) is 78.9 Å². The van der Waals surface area contributed by atoms with Gasteiger partial charge in [-0.3, -0.25) is 4.79 Å². The first kappa shape index (κ1) is 30.4. The molecule has 2 atom stereocenters. The van der Waals surface area contributed by atoms with E-state index in [-0.39, 0.29) is 29.0 Å². The molecule has 4 aromatic carbocycles. The number of nitrogens with one attached hydrogen (secondary N) is 2. The maximum absolute atomic E-state index is 14.8. The molecule has 0 bridgehead atoms. The molecule has 2 heterocycles. The Balaban J connectivity index is 1.15. The first-order valence-corrected chi connectivity index (χ1v) is 15.0. The summed E-state index contributed by atoms with van der Waals surface area (Å²) in [5.74, 6) is -1.57. The predicted octanol–water partition coefficient (Wildman–Crippen LogP) is 7.35. The van der Waals surface area contributed by atoms with E-state index in [9.17, 15) is 14.0 Å². The molecule has 0 aromatic heterocycles. The molecule has 4 aromatic rings. The third-order valence-corrected chi connectivity index (χ3v) is 8.12. The molecule has 2 aliphatic rings. The molecule has 1 amide bonds. The molecule has 2 unspecified atom stereocenters. The molecule has 2 N–H and O–H groups in total. The summed E-state index contributed by atoms with van der Waals surface area (Å²) in [5, 5.41) is 6.56. The second-order valence-electron chi connectivity index (χ2n) is 11.1. The lowest BCUT2D eigenvalue weighted by atomic mass is 10.0. The number of anilines is 2. The van der Waals surface area contributed by atoms with Gasteiger partial charge in [-0.2, -0.15) is 0 Å². The number of rotatable bonds is 9. The summed E-state index contributed by atoms with van der Waals surface area (Å²) >= 11 is 5.94. The highest BCUT2D eigenvalue weighted by Gasteiger charge is 2.42. The Morgan fingerprint density at radius 2 is 1.84 bits per heavy atom. The number of carbonyl (C=O) groups excluding carboxylic acids is 2. The van der Waals surface area contributed by atoms with Crippen molar-refractivity contribution in [2.75, 3.05) is 30.9 Å². The van der Waals surface area contributed by atoms with Crippen LogP contribution in [0.2, 0.25) is 5.02 Å². The van der Waals surface area contributed by atoms with Gasteiger partial charge in [0, 0.05) is 30.7 Å². The fourth-order valence-electron chi connectivity index (χ4n) is 5.58. The highest BCUT2D eigenvalue weighted by Crippen LogP contribution is 2.49. The van der Waals surface area contributed by atoms with Crippen molar-refractivity contribution in [2.24, 2.45) is 0 Å². The van der Waals surface area contributed by atoms with Crippen LogP contribution in [-0.4, -0.2) is 38.2 Å². The number of methoxy groups -OCH3 is 1. The summed E-state index contributed by atoms with van der Waals surface area (Å²) in [7, 11) is 1.33. The van der Waals surface area contributed by atoms with Crippen LogP contribution >= 0.6 is 11.6 Å². The minimum atomic E-state index is -1.36. The number of carbonyl (C=O) groups is 2. The third kappa shape index (κ3) is 6.60. The number of hydrogen-bond donors (Lipinski definition) is 2. The van der Waals surface area contributed by atoms with E-state index in [0.29, 0.717) is 35.0 Å². The molecule has 0 aliphatic carbocycles. The fraction of sp³-hybridized carbons (Fsp3) is 0.257. The smallest absolute Gasteiger partial charge is 0.337 e. The number of para-hydroxylation sites is 1. The van der Waals surface area contributed by atoms with Crippen LogP contribution in [0.25, 0.3) is 11.1 Å². The number of halogens is 2. The van der Waals surface area contributed by atoms with Crippen LogP contribution in [-0.2, 0) is 26.5 Å². The maximum atomic E-state index is 14.8. The van der Waals surface area contributed by atoms with Crippen molar-refractivity contribution in [1.29, 1.82) is 0 Å². The zero-order valence-corrected chi connectivity index (χ0v) is 25.6. The predicted molar refractivity (Wildman–Crippen MR) is 169 cm³/mol. The molecule has 1 saturated heterocycles. The lowest BCUT2D eigenvalue weighted by molar-refractivity contribution is -0.115. The lowest BCUT2D eigenvalue weighted by Gasteiger charge is -2.24. The van der Waals surface area contributed by atoms with Crippen molar-refractivity contribution in [3.05, 3.63) is 106 Å². The van der Waals surface area contributed by atoms with Crippen LogP contribution in [0.4, 0.5) is 15.8 Å². The van der Waals surface area contributed by atoms with E-state index in [0.717, 1.165) is 36.1 Å². The molecule has 0 saturated carbocycles. The Bertz CT molecular complexity index is 1740. The Kier molecular flexibility index (Phi) is 8.65. The van der Waals surface area contributed by atoms with E-state index < -0.39 is 17.6 Å². The van der Waals surface area contributed by atoms with E-state index in [4.69, 9.17) is 30.5 Å². The Morgan fingerprint density at radius 1 is 1.02 bits per heavy atom. The van der Waals surface area contributed by atoms with Gasteiger partial charge in [-0.05, 0) is 66.4 Å². The zero-order valence-electron chi connectivity index (χ0n) is 24.8. The van der Waals surface area contributed by atoms with E-state index >= 15 is 0 Å². The first-order chi connectivity index (χ1) is 21.7. The second-order valence-corrected chi connectivity index (χ2v) is 11.5. The lowest BCUT2D eigenvalue weighted by Crippen LogP contribution is -2.32. The topological polar surface area (TPSA) is 95.1 Å². The van der Waals surface area contributed by atoms with Gasteiger partial charge in [0.2, 0.25) is 5.91 Å². The molecule has 1 fully saturated rings. The van der Waals surface area contributed by atoms with Crippen molar-refractivity contribution in [1.82, 2.24) is 0 Å². The minimum absolute atomic E-state index is 0.0732. The quantitative estimate of drug-likeness (QED) is 0.187. The van der Waals surface area contributed by atoms with Crippen molar-refractivity contribution < 1.29 is 32.9 Å². The summed E-state index contributed by atoms with van der Waals surface area (Å²) in [5.41, 5.74) is 4.20. The van der Waals surface area contributed by atoms with Gasteiger partial charge in [-0.25, -0.2) is 9.18 Å². The normalized spacial score (nSPS) is 18.4. The van der Waals surface area contributed by atoms with Crippen LogP contribution in [0.5, 0.6) is 11.5 Å². The van der Waals surface area contributed by atoms with Crippen molar-refractivity contribution in [3.63, 3.8) is 0 Å². The van der Waals surface area contributed by atoms with Gasteiger partial charge in [0.25, 0.3) is 5.79 Å². The summed E-state index contributed by atoms with van der Waals surface area (Å²) in [6, 6.07) is 22.4. The Hall–Kier alpha value is -4.60. The van der Waals surface area contributed by atoms with E-state index in [1.807, 2.05) is 36.4 Å². The number of benzene rings is 4. The van der Waals surface area contributed by atoms with Crippen molar-refractivity contribution >= 4 is 34.9 Å². The summed E-state index contributed by atoms with van der Waals surface area (Å²) < 4.78 is 37.6.